The van der Waals surface area contributed by atoms with E-state index in [-0.39, 0.29) is 12.0 Å². The zero-order chi connectivity index (χ0) is 8.59. The SMILES string of the molecule is C[C@@H]1[C@@H](F)[C@H](C)C(=O)O[C@@H]1C. The number of hydrogen-bond acceptors (Lipinski definition) is 2. The van der Waals surface area contributed by atoms with Gasteiger partial charge >= 0.3 is 5.97 Å². The number of halogens is 1. The van der Waals surface area contributed by atoms with E-state index in [0.717, 1.165) is 0 Å². The number of alkyl halides is 1. The number of carbonyl (C=O) groups excluding carboxylic acids is 1. The van der Waals surface area contributed by atoms with Crippen molar-refractivity contribution in [1.82, 2.24) is 0 Å². The van der Waals surface area contributed by atoms with Gasteiger partial charge in [0.1, 0.15) is 12.3 Å². The molecule has 1 fully saturated rings. The molecule has 0 aromatic rings. The highest BCUT2D eigenvalue weighted by Crippen LogP contribution is 2.28. The van der Waals surface area contributed by atoms with Gasteiger partial charge in [-0.2, -0.15) is 0 Å². The Hall–Kier alpha value is -0.600. The maximum absolute atomic E-state index is 13.2. The molecule has 0 bridgehead atoms. The summed E-state index contributed by atoms with van der Waals surface area (Å²) in [5.41, 5.74) is 0. The molecule has 0 aromatic carbocycles. The van der Waals surface area contributed by atoms with Crippen LogP contribution in [-0.4, -0.2) is 18.2 Å². The molecule has 0 N–H and O–H groups in total. The van der Waals surface area contributed by atoms with Crippen molar-refractivity contribution < 1.29 is 13.9 Å². The van der Waals surface area contributed by atoms with Gasteiger partial charge in [0.2, 0.25) is 0 Å². The summed E-state index contributed by atoms with van der Waals surface area (Å²) in [5.74, 6) is -1.19. The predicted octanol–water partition coefficient (Wildman–Crippen LogP) is 1.54. The topological polar surface area (TPSA) is 26.3 Å². The van der Waals surface area contributed by atoms with Gasteiger partial charge in [-0.15, -0.1) is 0 Å². The van der Waals surface area contributed by atoms with Gasteiger partial charge in [-0.1, -0.05) is 6.92 Å². The van der Waals surface area contributed by atoms with Crippen molar-refractivity contribution in [3.05, 3.63) is 0 Å². The number of carbonyl (C=O) groups is 1. The van der Waals surface area contributed by atoms with Crippen molar-refractivity contribution >= 4 is 5.97 Å². The molecule has 1 heterocycles. The highest BCUT2D eigenvalue weighted by atomic mass is 19.1. The number of esters is 1. The van der Waals surface area contributed by atoms with Crippen LogP contribution < -0.4 is 0 Å². The molecular formula is C8H13FO2. The summed E-state index contributed by atoms with van der Waals surface area (Å²) in [6, 6.07) is 0. The van der Waals surface area contributed by atoms with Crippen molar-refractivity contribution in [3.63, 3.8) is 0 Å². The predicted molar refractivity (Wildman–Crippen MR) is 38.8 cm³/mol. The van der Waals surface area contributed by atoms with E-state index in [1.807, 2.05) is 0 Å². The molecule has 0 unspecified atom stereocenters. The van der Waals surface area contributed by atoms with Crippen molar-refractivity contribution in [2.75, 3.05) is 0 Å². The first kappa shape index (κ1) is 8.50. The van der Waals surface area contributed by atoms with Crippen LogP contribution in [0.1, 0.15) is 20.8 Å². The Balaban J connectivity index is 2.70. The van der Waals surface area contributed by atoms with E-state index in [1.165, 1.54) is 0 Å². The average molecular weight is 160 g/mol. The summed E-state index contributed by atoms with van der Waals surface area (Å²) in [6.45, 7) is 5.05. The fourth-order valence-corrected chi connectivity index (χ4v) is 1.24. The molecule has 2 nitrogen and oxygen atoms in total. The van der Waals surface area contributed by atoms with Gasteiger partial charge in [0.25, 0.3) is 0 Å². The van der Waals surface area contributed by atoms with Crippen molar-refractivity contribution in [2.45, 2.75) is 33.0 Å². The van der Waals surface area contributed by atoms with E-state index in [9.17, 15) is 9.18 Å². The molecule has 1 rings (SSSR count). The van der Waals surface area contributed by atoms with Crippen molar-refractivity contribution in [2.24, 2.45) is 11.8 Å². The first-order valence-corrected chi connectivity index (χ1v) is 3.88. The minimum atomic E-state index is -1.05. The van der Waals surface area contributed by atoms with Crippen molar-refractivity contribution in [3.8, 4) is 0 Å². The van der Waals surface area contributed by atoms with Crippen LogP contribution in [0.25, 0.3) is 0 Å². The largest absolute Gasteiger partial charge is 0.462 e. The van der Waals surface area contributed by atoms with Crippen LogP contribution in [-0.2, 0) is 9.53 Å². The second kappa shape index (κ2) is 2.80. The summed E-state index contributed by atoms with van der Waals surface area (Å²) < 4.78 is 18.1. The Morgan fingerprint density at radius 1 is 1.36 bits per heavy atom. The second-order valence-corrected chi connectivity index (χ2v) is 3.23. The van der Waals surface area contributed by atoms with Crippen LogP contribution >= 0.6 is 0 Å². The van der Waals surface area contributed by atoms with Crippen LogP contribution in [0.4, 0.5) is 4.39 Å². The summed E-state index contributed by atoms with van der Waals surface area (Å²) in [6.07, 6.45) is -1.33. The number of rotatable bonds is 0. The van der Waals surface area contributed by atoms with E-state index >= 15 is 0 Å². The fourth-order valence-electron chi connectivity index (χ4n) is 1.24. The highest BCUT2D eigenvalue weighted by molar-refractivity contribution is 5.73. The molecule has 3 heteroatoms. The third kappa shape index (κ3) is 1.37. The first-order valence-electron chi connectivity index (χ1n) is 3.88. The average Bonchev–Trinajstić information content (AvgIpc) is 1.97. The molecule has 64 valence electrons. The Morgan fingerprint density at radius 2 is 1.91 bits per heavy atom. The normalized spacial score (nSPS) is 45.3. The quantitative estimate of drug-likeness (QED) is 0.502. The Morgan fingerprint density at radius 3 is 2.45 bits per heavy atom. The zero-order valence-electron chi connectivity index (χ0n) is 7.00. The molecule has 0 radical (unpaired) electrons. The molecule has 4 atom stereocenters. The van der Waals surface area contributed by atoms with Gasteiger partial charge in [0, 0.05) is 5.92 Å². The monoisotopic (exact) mass is 160 g/mol. The lowest BCUT2D eigenvalue weighted by Gasteiger charge is -2.32. The summed E-state index contributed by atoms with van der Waals surface area (Å²) >= 11 is 0. The zero-order valence-corrected chi connectivity index (χ0v) is 7.00. The molecule has 0 aromatic heterocycles. The van der Waals surface area contributed by atoms with Gasteiger partial charge in [0.05, 0.1) is 5.92 Å². The second-order valence-electron chi connectivity index (χ2n) is 3.23. The Bertz CT molecular complexity index is 169. The van der Waals surface area contributed by atoms with E-state index in [4.69, 9.17) is 4.74 Å². The minimum absolute atomic E-state index is 0.178. The summed E-state index contributed by atoms with van der Waals surface area (Å²) in [4.78, 5) is 10.9. The van der Waals surface area contributed by atoms with Gasteiger partial charge in [-0.05, 0) is 13.8 Å². The third-order valence-corrected chi connectivity index (χ3v) is 2.39. The molecule has 0 amide bonds. The smallest absolute Gasteiger partial charge is 0.311 e. The maximum atomic E-state index is 13.2. The van der Waals surface area contributed by atoms with Gasteiger partial charge in [0.15, 0.2) is 0 Å². The van der Waals surface area contributed by atoms with Crippen LogP contribution in [0, 0.1) is 11.8 Å². The third-order valence-electron chi connectivity index (χ3n) is 2.39. The van der Waals surface area contributed by atoms with Crippen LogP contribution in [0.2, 0.25) is 0 Å². The molecule has 0 aliphatic carbocycles. The Labute approximate surface area is 65.7 Å². The number of hydrogen-bond donors (Lipinski definition) is 0. The molecule has 1 aliphatic rings. The molecule has 1 saturated heterocycles. The number of cyclic esters (lactones) is 1. The summed E-state index contributed by atoms with van der Waals surface area (Å²) in [7, 11) is 0. The molecule has 1 aliphatic heterocycles. The van der Waals surface area contributed by atoms with Crippen LogP contribution in [0.15, 0.2) is 0 Å². The Kier molecular flexibility index (Phi) is 2.16. The minimum Gasteiger partial charge on any atom is -0.462 e. The first-order chi connectivity index (χ1) is 5.04. The molecular weight excluding hydrogens is 147 g/mol. The highest BCUT2D eigenvalue weighted by Gasteiger charge is 2.39. The lowest BCUT2D eigenvalue weighted by Crippen LogP contribution is -2.43. The molecule has 0 spiro atoms. The lowest BCUT2D eigenvalue weighted by atomic mass is 9.88. The summed E-state index contributed by atoms with van der Waals surface area (Å²) in [5, 5.41) is 0. The van der Waals surface area contributed by atoms with Crippen LogP contribution in [0.3, 0.4) is 0 Å². The van der Waals surface area contributed by atoms with Gasteiger partial charge in [-0.3, -0.25) is 4.79 Å². The lowest BCUT2D eigenvalue weighted by molar-refractivity contribution is -0.169. The van der Waals surface area contributed by atoms with E-state index in [2.05, 4.69) is 0 Å². The number of ether oxygens (including phenoxy) is 1. The van der Waals surface area contributed by atoms with E-state index in [1.54, 1.807) is 20.8 Å². The molecule has 11 heavy (non-hydrogen) atoms. The van der Waals surface area contributed by atoms with Crippen molar-refractivity contribution in [1.29, 1.82) is 0 Å². The van der Waals surface area contributed by atoms with Crippen LogP contribution in [0.5, 0.6) is 0 Å². The standard InChI is InChI=1S/C8H13FO2/c1-4-6(3)11-8(10)5(2)7(4)9/h4-7H,1-3H3/t4-,5-,6+,7+/m0/s1. The maximum Gasteiger partial charge on any atom is 0.311 e. The van der Waals surface area contributed by atoms with Gasteiger partial charge < -0.3 is 4.74 Å². The fraction of sp³-hybridized carbons (Fsp3) is 0.875. The molecule has 0 saturated carbocycles. The van der Waals surface area contributed by atoms with E-state index < -0.39 is 18.1 Å². The van der Waals surface area contributed by atoms with Gasteiger partial charge in [-0.25, -0.2) is 4.39 Å². The van der Waals surface area contributed by atoms with E-state index in [0.29, 0.717) is 0 Å².